The minimum Gasteiger partial charge on any atom is -0.544 e. The highest BCUT2D eigenvalue weighted by Crippen LogP contribution is 2.46. The van der Waals surface area contributed by atoms with Crippen LogP contribution in [0.2, 0.25) is 0 Å². The summed E-state index contributed by atoms with van der Waals surface area (Å²) in [5, 5.41) is 89.3. The number of carbonyl (C=O) groups excluding carboxylic acids is 8. The van der Waals surface area contributed by atoms with Gasteiger partial charge in [0, 0.05) is 49.4 Å². The fraction of sp³-hybridized carbons (Fsp3) is 0.600. The summed E-state index contributed by atoms with van der Waals surface area (Å²) >= 11 is 0. The first kappa shape index (κ1) is 80.4. The molecule has 24 heteroatoms. The van der Waals surface area contributed by atoms with E-state index in [1.807, 2.05) is 101 Å². The number of carboxylic acids is 4. The lowest BCUT2D eigenvalue weighted by Gasteiger charge is -2.33. The van der Waals surface area contributed by atoms with Gasteiger partial charge in [0.25, 0.3) is 0 Å². The Hall–Kier alpha value is -7.68. The number of carboxylic acid groups (broad SMARTS) is 4. The van der Waals surface area contributed by atoms with Gasteiger partial charge in [-0.15, -0.1) is 0 Å². The summed E-state index contributed by atoms with van der Waals surface area (Å²) in [5.74, 6) is -7.46. The molecule has 0 aromatic heterocycles. The third-order valence-electron chi connectivity index (χ3n) is 23.6. The van der Waals surface area contributed by atoms with Crippen LogP contribution in [0.3, 0.4) is 0 Å². The van der Waals surface area contributed by atoms with Gasteiger partial charge in [0.05, 0.1) is 78.2 Å². The van der Waals surface area contributed by atoms with Gasteiger partial charge in [-0.1, -0.05) is 173 Å². The van der Waals surface area contributed by atoms with E-state index in [9.17, 15) is 79.2 Å². The fourth-order valence-electron chi connectivity index (χ4n) is 17.9. The lowest BCUT2D eigenvalue weighted by atomic mass is 9.80. The van der Waals surface area contributed by atoms with Crippen molar-refractivity contribution in [3.8, 4) is 0 Å². The smallest absolute Gasteiger partial charge is 0.343 e. The molecule has 0 bridgehead atoms. The summed E-state index contributed by atoms with van der Waals surface area (Å²) in [5.41, 5.74) is -4.28. The maximum Gasteiger partial charge on any atom is 0.343 e. The highest BCUT2D eigenvalue weighted by Gasteiger charge is 2.54. The summed E-state index contributed by atoms with van der Waals surface area (Å²) < 4.78 is 24.0. The van der Waals surface area contributed by atoms with Crippen molar-refractivity contribution in [2.45, 2.75) is 175 Å². The molecule has 4 aromatic rings. The maximum absolute atomic E-state index is 13.0. The molecule has 4 saturated heterocycles. The summed E-state index contributed by atoms with van der Waals surface area (Å²) in [6.45, 7) is 3.75. The Bertz CT molecular complexity index is 3090. The molecule has 104 heavy (non-hydrogen) atoms. The molecule has 0 amide bonds. The van der Waals surface area contributed by atoms with E-state index in [1.54, 1.807) is 48.5 Å². The molecule has 4 heterocycles. The Morgan fingerprint density at radius 1 is 0.308 bits per heavy atom. The van der Waals surface area contributed by atoms with E-state index < -0.39 is 70.2 Å². The second kappa shape index (κ2) is 34.7. The Balaban J connectivity index is 0.000000161. The Morgan fingerprint density at radius 3 is 0.625 bits per heavy atom. The number of ether oxygens (including phenoxy) is 4. The Kier molecular flexibility index (Phi) is 26.8. The van der Waals surface area contributed by atoms with Crippen molar-refractivity contribution in [3.05, 3.63) is 144 Å². The lowest BCUT2D eigenvalue weighted by Crippen LogP contribution is -2.51. The van der Waals surface area contributed by atoms with E-state index in [0.29, 0.717) is 100 Å². The Morgan fingerprint density at radius 2 is 0.471 bits per heavy atom. The molecule has 4 saturated carbocycles. The number of likely N-dealkylation sites (N-methyl/N-ethyl adjacent to an activating group) is 4. The number of aliphatic hydroxyl groups is 4. The number of likely N-dealkylation sites (tertiary alicyclic amines) is 4. The van der Waals surface area contributed by atoms with Gasteiger partial charge in [-0.25, -0.2) is 19.2 Å². The standard InChI is InChI=1S/4C20H27NO5/c4*1-21(14-18(22)23)12-11-17(13-21)26-19(24)20(25,16-9-5-6-10-16)15-7-3-2-4-8-15/h4*2-4,7-8,16-17,25H,5-6,9-14H2,1H3/t17-,20+,21+;17-,20+,21-;17-,20-,21+;17-,20-,21-/m0011/s1. The Labute approximate surface area is 610 Å². The zero-order valence-electron chi connectivity index (χ0n) is 60.9. The normalized spacial score (nSPS) is 28.6. The lowest BCUT2D eigenvalue weighted by molar-refractivity contribution is -0.893. The molecule has 8 aliphatic rings. The van der Waals surface area contributed by atoms with E-state index in [2.05, 4.69) is 0 Å². The predicted octanol–water partition coefficient (Wildman–Crippen LogP) is 2.31. The van der Waals surface area contributed by atoms with E-state index in [4.69, 9.17) is 18.9 Å². The molecule has 12 rings (SSSR count). The van der Waals surface area contributed by atoms with Gasteiger partial charge in [-0.3, -0.25) is 0 Å². The molecular weight excluding hydrogens is 1340 g/mol. The number of hydrogen-bond donors (Lipinski definition) is 4. The second-order valence-corrected chi connectivity index (χ2v) is 31.9. The van der Waals surface area contributed by atoms with Gasteiger partial charge in [-0.2, -0.15) is 0 Å². The van der Waals surface area contributed by atoms with Crippen LogP contribution in [-0.2, 0) is 79.7 Å². The van der Waals surface area contributed by atoms with E-state index in [-0.39, 0.29) is 92.2 Å². The average molecular weight is 1450 g/mol. The third-order valence-corrected chi connectivity index (χ3v) is 23.6. The van der Waals surface area contributed by atoms with Crippen LogP contribution in [0.5, 0.6) is 0 Å². The molecule has 4 N–H and O–H groups in total. The minimum absolute atomic E-state index is 0.0976. The molecule has 12 atom stereocenters. The molecule has 4 aliphatic carbocycles. The molecule has 568 valence electrons. The highest BCUT2D eigenvalue weighted by atomic mass is 16.6. The maximum atomic E-state index is 13.0. The van der Waals surface area contributed by atoms with Crippen LogP contribution in [0.15, 0.2) is 121 Å². The van der Waals surface area contributed by atoms with Gasteiger partial charge in [0.15, 0.2) is 46.8 Å². The SMILES string of the molecule is C[N@+]1(CC(=O)[O-])CC[C@@H](OC(=O)[C@@](O)(c2ccccc2)C2CCCC2)C1.C[N@+]1(CC(=O)[O-])CC[C@H](OC(=O)[C@@](O)(c2ccccc2)C2CCCC2)C1.C[N@@+]1(CC(=O)[O-])CC[C@@H](OC(=O)[C@@](O)(c2ccccc2)C2CCCC2)C1.C[N@@+]1(CC(=O)[O-])CC[C@H](OC(=O)[C@@](O)(c2ccccc2)C2CCCC2)C1. The average Bonchev–Trinajstić information content (AvgIpc) is 1.30. The monoisotopic (exact) mass is 1440 g/mol. The number of carbonyl (C=O) groups is 8. The van der Waals surface area contributed by atoms with E-state index in [1.165, 1.54) is 0 Å². The van der Waals surface area contributed by atoms with Crippen LogP contribution >= 0.6 is 0 Å². The van der Waals surface area contributed by atoms with Gasteiger partial charge < -0.3 is 96.9 Å². The summed E-state index contributed by atoms with van der Waals surface area (Å²) in [4.78, 5) is 95.9. The highest BCUT2D eigenvalue weighted by molar-refractivity contribution is 5.84. The van der Waals surface area contributed by atoms with Crippen LogP contribution in [0.4, 0.5) is 0 Å². The van der Waals surface area contributed by atoms with E-state index >= 15 is 0 Å². The first-order valence-electron chi connectivity index (χ1n) is 37.4. The molecule has 0 spiro atoms. The van der Waals surface area contributed by atoms with Gasteiger partial charge in [0.2, 0.25) is 0 Å². The minimum atomic E-state index is -1.64. The van der Waals surface area contributed by atoms with Crippen LogP contribution in [-0.4, -0.2) is 217 Å². The first-order chi connectivity index (χ1) is 49.3. The van der Waals surface area contributed by atoms with Crippen molar-refractivity contribution in [1.82, 2.24) is 0 Å². The number of benzene rings is 4. The third kappa shape index (κ3) is 19.7. The fourth-order valence-corrected chi connectivity index (χ4v) is 17.9. The number of esters is 4. The largest absolute Gasteiger partial charge is 0.544 e. The molecular formula is C80H108N4O20. The van der Waals surface area contributed by atoms with Crippen molar-refractivity contribution >= 4 is 47.8 Å². The zero-order valence-corrected chi connectivity index (χ0v) is 60.9. The van der Waals surface area contributed by atoms with Crippen LogP contribution in [0.1, 0.15) is 151 Å². The number of aliphatic carboxylic acids is 4. The quantitative estimate of drug-likeness (QED) is 0.0444. The van der Waals surface area contributed by atoms with Crippen LogP contribution in [0.25, 0.3) is 0 Å². The number of rotatable bonds is 24. The zero-order chi connectivity index (χ0) is 75.1. The van der Waals surface area contributed by atoms with Gasteiger partial charge >= 0.3 is 23.9 Å². The topological polar surface area (TPSA) is 347 Å². The van der Waals surface area contributed by atoms with Crippen molar-refractivity contribution < 1.29 is 116 Å². The molecule has 4 aromatic carbocycles. The van der Waals surface area contributed by atoms with E-state index in [0.717, 1.165) is 103 Å². The summed E-state index contributed by atoms with van der Waals surface area (Å²) in [7, 11) is 7.29. The predicted molar refractivity (Wildman–Crippen MR) is 370 cm³/mol. The van der Waals surface area contributed by atoms with Gasteiger partial charge in [-0.05, 0) is 73.6 Å². The van der Waals surface area contributed by atoms with Crippen molar-refractivity contribution in [2.24, 2.45) is 23.7 Å². The number of quaternary nitrogens is 4. The van der Waals surface area contributed by atoms with Crippen LogP contribution < -0.4 is 20.4 Å². The number of nitrogens with zero attached hydrogens (tertiary/aromatic N) is 4. The molecule has 4 aliphatic heterocycles. The van der Waals surface area contributed by atoms with Crippen molar-refractivity contribution in [2.75, 3.05) is 107 Å². The molecule has 0 unspecified atom stereocenters. The molecule has 24 nitrogen and oxygen atoms in total. The first-order valence-corrected chi connectivity index (χ1v) is 37.4. The summed E-state index contributed by atoms with van der Waals surface area (Å²) in [6, 6.07) is 36.0. The second-order valence-electron chi connectivity index (χ2n) is 31.9. The van der Waals surface area contributed by atoms with Crippen molar-refractivity contribution in [1.29, 1.82) is 0 Å². The summed E-state index contributed by atoms with van der Waals surface area (Å²) in [6.07, 6.45) is 15.1. The number of hydrogen-bond acceptors (Lipinski definition) is 20. The molecule has 0 radical (unpaired) electrons. The van der Waals surface area contributed by atoms with Gasteiger partial charge in [0.1, 0.15) is 52.4 Å². The molecule has 8 fully saturated rings. The van der Waals surface area contributed by atoms with Crippen molar-refractivity contribution in [3.63, 3.8) is 0 Å². The van der Waals surface area contributed by atoms with Crippen LogP contribution in [0, 0.1) is 23.7 Å².